The SMILES string of the molecule is CC1CCCCC1N(C)c1ccc(N)nn1. The largest absolute Gasteiger partial charge is 0.382 e. The van der Waals surface area contributed by atoms with Crippen molar-refractivity contribution in [3.8, 4) is 0 Å². The third-order valence-electron chi connectivity index (χ3n) is 3.60. The first kappa shape index (κ1) is 11.2. The lowest BCUT2D eigenvalue weighted by Gasteiger charge is -2.36. The number of anilines is 2. The molecule has 1 aliphatic carbocycles. The number of rotatable bonds is 2. The van der Waals surface area contributed by atoms with Crippen LogP contribution in [-0.2, 0) is 0 Å². The summed E-state index contributed by atoms with van der Waals surface area (Å²) in [5.41, 5.74) is 5.54. The fourth-order valence-electron chi connectivity index (χ4n) is 2.57. The lowest BCUT2D eigenvalue weighted by molar-refractivity contribution is 0.320. The van der Waals surface area contributed by atoms with E-state index in [9.17, 15) is 0 Å². The second kappa shape index (κ2) is 4.68. The van der Waals surface area contributed by atoms with Crippen LogP contribution >= 0.6 is 0 Å². The zero-order valence-electron chi connectivity index (χ0n) is 10.1. The quantitative estimate of drug-likeness (QED) is 0.829. The van der Waals surface area contributed by atoms with Crippen LogP contribution in [0.2, 0.25) is 0 Å². The molecule has 4 heteroatoms. The molecule has 0 aromatic carbocycles. The van der Waals surface area contributed by atoms with Crippen LogP contribution in [0.5, 0.6) is 0 Å². The fourth-order valence-corrected chi connectivity index (χ4v) is 2.57. The molecule has 1 aromatic rings. The fraction of sp³-hybridized carbons (Fsp3) is 0.667. The molecule has 1 aliphatic rings. The van der Waals surface area contributed by atoms with E-state index in [2.05, 4.69) is 29.1 Å². The predicted octanol–water partition coefficient (Wildman–Crippen LogP) is 2.07. The molecule has 2 atom stereocenters. The van der Waals surface area contributed by atoms with Crippen LogP contribution in [0, 0.1) is 5.92 Å². The predicted molar refractivity (Wildman–Crippen MR) is 66.3 cm³/mol. The van der Waals surface area contributed by atoms with Crippen molar-refractivity contribution < 1.29 is 0 Å². The van der Waals surface area contributed by atoms with E-state index < -0.39 is 0 Å². The number of aromatic nitrogens is 2. The van der Waals surface area contributed by atoms with Crippen LogP contribution in [-0.4, -0.2) is 23.3 Å². The topological polar surface area (TPSA) is 55.0 Å². The molecule has 0 spiro atoms. The van der Waals surface area contributed by atoms with Gasteiger partial charge in [0.2, 0.25) is 0 Å². The normalized spacial score (nSPS) is 25.4. The first-order valence-electron chi connectivity index (χ1n) is 6.00. The van der Waals surface area contributed by atoms with Crippen LogP contribution in [0.3, 0.4) is 0 Å². The van der Waals surface area contributed by atoms with Gasteiger partial charge in [0.1, 0.15) is 5.82 Å². The molecule has 0 saturated heterocycles. The van der Waals surface area contributed by atoms with Crippen molar-refractivity contribution in [2.75, 3.05) is 17.7 Å². The molecule has 1 heterocycles. The molecule has 0 bridgehead atoms. The maximum absolute atomic E-state index is 5.54. The van der Waals surface area contributed by atoms with E-state index in [0.717, 1.165) is 11.7 Å². The summed E-state index contributed by atoms with van der Waals surface area (Å²) in [7, 11) is 2.10. The van der Waals surface area contributed by atoms with Crippen molar-refractivity contribution in [1.82, 2.24) is 10.2 Å². The van der Waals surface area contributed by atoms with Crippen molar-refractivity contribution >= 4 is 11.6 Å². The van der Waals surface area contributed by atoms with Gasteiger partial charge in [0.25, 0.3) is 0 Å². The number of nitrogen functional groups attached to an aromatic ring is 1. The van der Waals surface area contributed by atoms with Gasteiger partial charge in [-0.3, -0.25) is 0 Å². The van der Waals surface area contributed by atoms with Gasteiger partial charge < -0.3 is 10.6 Å². The standard InChI is InChI=1S/C12H20N4/c1-9-5-3-4-6-10(9)16(2)12-8-7-11(13)14-15-12/h7-10H,3-6H2,1-2H3,(H2,13,14). The number of hydrogen-bond donors (Lipinski definition) is 1. The van der Waals surface area contributed by atoms with Crippen LogP contribution in [0.1, 0.15) is 32.6 Å². The summed E-state index contributed by atoms with van der Waals surface area (Å²) in [6.45, 7) is 2.32. The van der Waals surface area contributed by atoms with Crippen molar-refractivity contribution in [2.24, 2.45) is 5.92 Å². The third-order valence-corrected chi connectivity index (χ3v) is 3.60. The highest BCUT2D eigenvalue weighted by Crippen LogP contribution is 2.29. The van der Waals surface area contributed by atoms with E-state index in [1.165, 1.54) is 25.7 Å². The molecule has 2 N–H and O–H groups in total. The Bertz CT molecular complexity index is 335. The highest BCUT2D eigenvalue weighted by molar-refractivity contribution is 5.41. The summed E-state index contributed by atoms with van der Waals surface area (Å²) in [5, 5.41) is 8.04. The second-order valence-corrected chi connectivity index (χ2v) is 4.76. The summed E-state index contributed by atoms with van der Waals surface area (Å²) in [6, 6.07) is 4.35. The maximum atomic E-state index is 5.54. The molecule has 1 saturated carbocycles. The summed E-state index contributed by atoms with van der Waals surface area (Å²) >= 11 is 0. The molecular formula is C12H20N4. The van der Waals surface area contributed by atoms with Crippen molar-refractivity contribution in [3.05, 3.63) is 12.1 Å². The Labute approximate surface area is 96.9 Å². The Morgan fingerprint density at radius 3 is 2.62 bits per heavy atom. The Kier molecular flexibility index (Phi) is 3.27. The minimum absolute atomic E-state index is 0.480. The van der Waals surface area contributed by atoms with E-state index in [1.54, 1.807) is 0 Å². The lowest BCUT2D eigenvalue weighted by atomic mass is 9.85. The lowest BCUT2D eigenvalue weighted by Crippen LogP contribution is -2.39. The van der Waals surface area contributed by atoms with Gasteiger partial charge in [0, 0.05) is 13.1 Å². The molecule has 0 radical (unpaired) electrons. The molecule has 0 aliphatic heterocycles. The third kappa shape index (κ3) is 2.26. The van der Waals surface area contributed by atoms with Gasteiger partial charge in [-0.05, 0) is 30.9 Å². The zero-order valence-corrected chi connectivity index (χ0v) is 10.1. The van der Waals surface area contributed by atoms with Crippen LogP contribution in [0.15, 0.2) is 12.1 Å². The molecule has 2 rings (SSSR count). The van der Waals surface area contributed by atoms with E-state index in [1.807, 2.05) is 12.1 Å². The van der Waals surface area contributed by atoms with Crippen LogP contribution < -0.4 is 10.6 Å². The molecule has 2 unspecified atom stereocenters. The summed E-state index contributed by atoms with van der Waals surface area (Å²) < 4.78 is 0. The van der Waals surface area contributed by atoms with Crippen molar-refractivity contribution in [3.63, 3.8) is 0 Å². The minimum atomic E-state index is 0.480. The summed E-state index contributed by atoms with van der Waals surface area (Å²) in [5.74, 6) is 2.14. The van der Waals surface area contributed by atoms with E-state index in [4.69, 9.17) is 5.73 Å². The molecule has 88 valence electrons. The first-order chi connectivity index (χ1) is 7.68. The van der Waals surface area contributed by atoms with E-state index in [0.29, 0.717) is 11.9 Å². The molecular weight excluding hydrogens is 200 g/mol. The average Bonchev–Trinajstić information content (AvgIpc) is 2.30. The molecule has 4 nitrogen and oxygen atoms in total. The zero-order chi connectivity index (χ0) is 11.5. The highest BCUT2D eigenvalue weighted by Gasteiger charge is 2.25. The highest BCUT2D eigenvalue weighted by atomic mass is 15.3. The number of nitrogens with zero attached hydrogens (tertiary/aromatic N) is 3. The molecule has 16 heavy (non-hydrogen) atoms. The van der Waals surface area contributed by atoms with Gasteiger partial charge in [-0.1, -0.05) is 19.8 Å². The van der Waals surface area contributed by atoms with E-state index in [-0.39, 0.29) is 0 Å². The number of hydrogen-bond acceptors (Lipinski definition) is 4. The van der Waals surface area contributed by atoms with Crippen molar-refractivity contribution in [1.29, 1.82) is 0 Å². The second-order valence-electron chi connectivity index (χ2n) is 4.76. The smallest absolute Gasteiger partial charge is 0.151 e. The molecule has 0 amide bonds. The van der Waals surface area contributed by atoms with Crippen LogP contribution in [0.25, 0.3) is 0 Å². The first-order valence-corrected chi connectivity index (χ1v) is 6.00. The summed E-state index contributed by atoms with van der Waals surface area (Å²) in [6.07, 6.45) is 5.25. The van der Waals surface area contributed by atoms with Crippen LogP contribution in [0.4, 0.5) is 11.6 Å². The van der Waals surface area contributed by atoms with Gasteiger partial charge in [0.05, 0.1) is 0 Å². The Balaban J connectivity index is 2.11. The van der Waals surface area contributed by atoms with Gasteiger partial charge in [-0.2, -0.15) is 0 Å². The van der Waals surface area contributed by atoms with E-state index >= 15 is 0 Å². The molecule has 1 aromatic heterocycles. The molecule has 1 fully saturated rings. The van der Waals surface area contributed by atoms with Gasteiger partial charge >= 0.3 is 0 Å². The monoisotopic (exact) mass is 220 g/mol. The minimum Gasteiger partial charge on any atom is -0.382 e. The maximum Gasteiger partial charge on any atom is 0.151 e. The van der Waals surface area contributed by atoms with Gasteiger partial charge in [-0.15, -0.1) is 10.2 Å². The Hall–Kier alpha value is -1.32. The Morgan fingerprint density at radius 1 is 1.25 bits per heavy atom. The van der Waals surface area contributed by atoms with Crippen molar-refractivity contribution in [2.45, 2.75) is 38.6 Å². The van der Waals surface area contributed by atoms with Gasteiger partial charge in [-0.25, -0.2) is 0 Å². The van der Waals surface area contributed by atoms with Gasteiger partial charge in [0.15, 0.2) is 5.82 Å². The summed E-state index contributed by atoms with van der Waals surface area (Å²) in [4.78, 5) is 2.25. The average molecular weight is 220 g/mol. The number of nitrogens with two attached hydrogens (primary N) is 1. The Morgan fingerprint density at radius 2 is 2.00 bits per heavy atom.